The zero-order chi connectivity index (χ0) is 12.3. The highest BCUT2D eigenvalue weighted by Crippen LogP contribution is 2.07. The number of nitrogens with zero attached hydrogens (tertiary/aromatic N) is 3. The number of carbonyl (C=O) groups excluding carboxylic acids is 1. The molecule has 0 bridgehead atoms. The second kappa shape index (κ2) is 8.01. The Bertz CT molecular complexity index is 388. The lowest BCUT2D eigenvalue weighted by molar-refractivity contribution is 0.200. The van der Waals surface area contributed by atoms with E-state index in [2.05, 4.69) is 15.3 Å². The minimum Gasteiger partial charge on any atom is -0.410 e. The van der Waals surface area contributed by atoms with Crippen LogP contribution in [0.3, 0.4) is 0 Å². The van der Waals surface area contributed by atoms with E-state index in [-0.39, 0.29) is 0 Å². The standard InChI is InChI=1S/C11H14N4O2/c12-15-14-9-5-4-8-13-11(16)17-10-6-2-1-3-7-10/h1-3,6-7H,4-5,8-9H2,(H,13,16). The molecule has 6 heteroatoms. The van der Waals surface area contributed by atoms with Crippen LogP contribution < -0.4 is 10.1 Å². The number of amides is 1. The summed E-state index contributed by atoms with van der Waals surface area (Å²) in [7, 11) is 0. The molecule has 0 atom stereocenters. The molecule has 0 aromatic heterocycles. The van der Waals surface area contributed by atoms with E-state index in [0.717, 1.165) is 12.8 Å². The normalized spacial score (nSPS) is 9.18. The van der Waals surface area contributed by atoms with Crippen molar-refractivity contribution in [1.29, 1.82) is 0 Å². The van der Waals surface area contributed by atoms with Crippen LogP contribution in [0.2, 0.25) is 0 Å². The smallest absolute Gasteiger partial charge is 0.410 e. The molecule has 90 valence electrons. The molecule has 17 heavy (non-hydrogen) atoms. The number of nitrogens with one attached hydrogen (secondary N) is 1. The van der Waals surface area contributed by atoms with E-state index in [1.165, 1.54) is 0 Å². The summed E-state index contributed by atoms with van der Waals surface area (Å²) in [5.74, 6) is 0.513. The lowest BCUT2D eigenvalue weighted by Crippen LogP contribution is -2.27. The largest absolute Gasteiger partial charge is 0.412 e. The molecule has 0 heterocycles. The van der Waals surface area contributed by atoms with Gasteiger partial charge in [-0.05, 0) is 30.5 Å². The zero-order valence-corrected chi connectivity index (χ0v) is 9.37. The number of rotatable bonds is 6. The Labute approximate surface area is 99.2 Å². The van der Waals surface area contributed by atoms with E-state index in [4.69, 9.17) is 10.3 Å². The summed E-state index contributed by atoms with van der Waals surface area (Å²) in [6.45, 7) is 0.957. The van der Waals surface area contributed by atoms with Crippen LogP contribution in [0.15, 0.2) is 35.4 Å². The minimum absolute atomic E-state index is 0.450. The van der Waals surface area contributed by atoms with Crippen molar-refractivity contribution in [2.45, 2.75) is 12.8 Å². The van der Waals surface area contributed by atoms with Gasteiger partial charge in [0.25, 0.3) is 0 Å². The van der Waals surface area contributed by atoms with Gasteiger partial charge < -0.3 is 10.1 Å². The van der Waals surface area contributed by atoms with Crippen LogP contribution in [0, 0.1) is 0 Å². The molecule has 1 amide bonds. The average molecular weight is 234 g/mol. The highest BCUT2D eigenvalue weighted by Gasteiger charge is 2.01. The molecule has 0 aliphatic rings. The van der Waals surface area contributed by atoms with Gasteiger partial charge in [0, 0.05) is 18.0 Å². The van der Waals surface area contributed by atoms with Gasteiger partial charge in [-0.15, -0.1) is 0 Å². The van der Waals surface area contributed by atoms with E-state index in [9.17, 15) is 4.79 Å². The van der Waals surface area contributed by atoms with Crippen molar-refractivity contribution in [3.63, 3.8) is 0 Å². The third-order valence-electron chi connectivity index (χ3n) is 1.97. The van der Waals surface area contributed by atoms with Gasteiger partial charge in [-0.3, -0.25) is 0 Å². The molecule has 0 saturated heterocycles. The molecule has 0 radical (unpaired) electrons. The van der Waals surface area contributed by atoms with Crippen LogP contribution in [0.5, 0.6) is 5.75 Å². The first kappa shape index (κ1) is 12.9. The molecule has 1 N–H and O–H groups in total. The molecule has 0 unspecified atom stereocenters. The van der Waals surface area contributed by atoms with Gasteiger partial charge in [0.15, 0.2) is 0 Å². The first-order chi connectivity index (χ1) is 8.33. The molecule has 6 nitrogen and oxygen atoms in total. The second-order valence-electron chi connectivity index (χ2n) is 3.29. The molecule has 1 aromatic rings. The Hall–Kier alpha value is -2.20. The topological polar surface area (TPSA) is 87.1 Å². The molecule has 1 aromatic carbocycles. The SMILES string of the molecule is [N-]=[N+]=NCCCCNC(=O)Oc1ccccc1. The van der Waals surface area contributed by atoms with E-state index in [1.54, 1.807) is 24.3 Å². The predicted molar refractivity (Wildman–Crippen MR) is 63.7 cm³/mol. The number of unbranched alkanes of at least 4 members (excludes halogenated alkanes) is 1. The summed E-state index contributed by atoms with van der Waals surface area (Å²) < 4.78 is 5.01. The highest BCUT2D eigenvalue weighted by atomic mass is 16.5. The molecular weight excluding hydrogens is 220 g/mol. The summed E-state index contributed by atoms with van der Waals surface area (Å²) >= 11 is 0. The molecule has 0 spiro atoms. The first-order valence-corrected chi connectivity index (χ1v) is 5.34. The third kappa shape index (κ3) is 6.06. The van der Waals surface area contributed by atoms with E-state index in [0.29, 0.717) is 18.8 Å². The average Bonchev–Trinajstić information content (AvgIpc) is 2.35. The Morgan fingerprint density at radius 1 is 1.35 bits per heavy atom. The molecule has 0 aliphatic heterocycles. The molecular formula is C11H14N4O2. The predicted octanol–water partition coefficient (Wildman–Crippen LogP) is 2.87. The summed E-state index contributed by atoms with van der Waals surface area (Å²) in [5.41, 5.74) is 8.04. The Morgan fingerprint density at radius 2 is 2.12 bits per heavy atom. The number of benzene rings is 1. The molecule has 1 rings (SSSR count). The van der Waals surface area contributed by atoms with Crippen molar-refractivity contribution in [2.24, 2.45) is 5.11 Å². The van der Waals surface area contributed by atoms with Crippen LogP contribution in [0.4, 0.5) is 4.79 Å². The quantitative estimate of drug-likeness (QED) is 0.355. The van der Waals surface area contributed by atoms with Crippen molar-refractivity contribution in [3.05, 3.63) is 40.8 Å². The minimum atomic E-state index is -0.472. The van der Waals surface area contributed by atoms with Crippen LogP contribution in [0.1, 0.15) is 12.8 Å². The number of hydrogen-bond donors (Lipinski definition) is 1. The number of carbonyl (C=O) groups is 1. The summed E-state index contributed by atoms with van der Waals surface area (Å²) in [4.78, 5) is 13.9. The van der Waals surface area contributed by atoms with Gasteiger partial charge in [-0.25, -0.2) is 4.79 Å². The molecule has 0 fully saturated rings. The fourth-order valence-electron chi connectivity index (χ4n) is 1.17. The summed E-state index contributed by atoms with van der Waals surface area (Å²) in [6.07, 6.45) is 1.03. The fraction of sp³-hybridized carbons (Fsp3) is 0.364. The van der Waals surface area contributed by atoms with Gasteiger partial charge in [-0.2, -0.15) is 0 Å². The van der Waals surface area contributed by atoms with Crippen molar-refractivity contribution < 1.29 is 9.53 Å². The summed E-state index contributed by atoms with van der Waals surface area (Å²) in [6, 6.07) is 8.86. The maximum Gasteiger partial charge on any atom is 0.412 e. The van der Waals surface area contributed by atoms with E-state index >= 15 is 0 Å². The van der Waals surface area contributed by atoms with E-state index < -0.39 is 6.09 Å². The van der Waals surface area contributed by atoms with Gasteiger partial charge in [-0.1, -0.05) is 23.3 Å². The van der Waals surface area contributed by atoms with Crippen LogP contribution in [0.25, 0.3) is 10.4 Å². The zero-order valence-electron chi connectivity index (χ0n) is 9.37. The van der Waals surface area contributed by atoms with Crippen LogP contribution in [-0.4, -0.2) is 19.2 Å². The molecule has 0 saturated carbocycles. The lowest BCUT2D eigenvalue weighted by Gasteiger charge is -2.05. The fourth-order valence-corrected chi connectivity index (χ4v) is 1.17. The number of ether oxygens (including phenoxy) is 1. The third-order valence-corrected chi connectivity index (χ3v) is 1.97. The van der Waals surface area contributed by atoms with Crippen molar-refractivity contribution in [1.82, 2.24) is 5.32 Å². The highest BCUT2D eigenvalue weighted by molar-refractivity contribution is 5.70. The van der Waals surface area contributed by atoms with E-state index in [1.807, 2.05) is 6.07 Å². The molecule has 0 aliphatic carbocycles. The monoisotopic (exact) mass is 234 g/mol. The second-order valence-corrected chi connectivity index (χ2v) is 3.29. The Balaban J connectivity index is 2.11. The van der Waals surface area contributed by atoms with Crippen molar-refractivity contribution >= 4 is 6.09 Å². The summed E-state index contributed by atoms with van der Waals surface area (Å²) in [5, 5.41) is 6.00. The number of azide groups is 1. The Morgan fingerprint density at radius 3 is 2.82 bits per heavy atom. The maximum atomic E-state index is 11.3. The van der Waals surface area contributed by atoms with Crippen LogP contribution >= 0.6 is 0 Å². The number of para-hydroxylation sites is 1. The maximum absolute atomic E-state index is 11.3. The van der Waals surface area contributed by atoms with Crippen LogP contribution in [-0.2, 0) is 0 Å². The van der Waals surface area contributed by atoms with Gasteiger partial charge in [0.2, 0.25) is 0 Å². The first-order valence-electron chi connectivity index (χ1n) is 5.34. The number of hydrogen-bond acceptors (Lipinski definition) is 3. The van der Waals surface area contributed by atoms with Crippen molar-refractivity contribution in [3.8, 4) is 5.75 Å². The lowest BCUT2D eigenvalue weighted by atomic mass is 10.3. The van der Waals surface area contributed by atoms with Gasteiger partial charge in [0.05, 0.1) is 0 Å². The van der Waals surface area contributed by atoms with Gasteiger partial charge >= 0.3 is 6.09 Å². The van der Waals surface area contributed by atoms with Crippen molar-refractivity contribution in [2.75, 3.05) is 13.1 Å². The van der Waals surface area contributed by atoms with Gasteiger partial charge in [0.1, 0.15) is 5.75 Å². The Kier molecular flexibility index (Phi) is 6.06.